The Bertz CT molecular complexity index is 291. The van der Waals surface area contributed by atoms with Crippen molar-refractivity contribution in [2.75, 3.05) is 5.88 Å². The minimum Gasteiger partial charge on any atom is -0.462 e. The first kappa shape index (κ1) is 11.6. The standard InChI is InChI=1S/C11H16Cl2O2/c1-10(2)9(8(13)7-12)14-11(15-10)5-3-4-6-11/h3-7H2,1-2H3/b9-8-. The predicted octanol–water partition coefficient (Wildman–Crippen LogP) is 3.77. The first-order valence-corrected chi connectivity index (χ1v) is 6.25. The number of allylic oxidation sites excluding steroid dienone is 1. The van der Waals surface area contributed by atoms with Crippen molar-refractivity contribution in [2.45, 2.75) is 50.9 Å². The molecular formula is C11H16Cl2O2. The van der Waals surface area contributed by atoms with Gasteiger partial charge in [-0.2, -0.15) is 0 Å². The number of ether oxygens (including phenoxy) is 2. The summed E-state index contributed by atoms with van der Waals surface area (Å²) in [6.07, 6.45) is 4.21. The van der Waals surface area contributed by atoms with Gasteiger partial charge in [-0.3, -0.25) is 0 Å². The molecule has 1 saturated carbocycles. The lowest BCUT2D eigenvalue weighted by atomic mass is 10.1. The van der Waals surface area contributed by atoms with Gasteiger partial charge in [0.15, 0.2) is 0 Å². The molecular weight excluding hydrogens is 235 g/mol. The third-order valence-electron chi connectivity index (χ3n) is 3.01. The SMILES string of the molecule is CC1(C)OC2(CCCC2)O/C1=C(\Cl)CCl. The quantitative estimate of drug-likeness (QED) is 0.660. The van der Waals surface area contributed by atoms with E-state index in [0.717, 1.165) is 25.7 Å². The maximum Gasteiger partial charge on any atom is 0.211 e. The lowest BCUT2D eigenvalue weighted by Crippen LogP contribution is -2.30. The third kappa shape index (κ3) is 2.00. The third-order valence-corrected chi connectivity index (χ3v) is 3.71. The molecule has 1 aliphatic heterocycles. The lowest BCUT2D eigenvalue weighted by Gasteiger charge is -2.22. The Kier molecular flexibility index (Phi) is 2.95. The smallest absolute Gasteiger partial charge is 0.211 e. The van der Waals surface area contributed by atoms with Crippen LogP contribution in [-0.4, -0.2) is 17.3 Å². The van der Waals surface area contributed by atoms with Crippen molar-refractivity contribution in [3.05, 3.63) is 10.8 Å². The van der Waals surface area contributed by atoms with Gasteiger partial charge < -0.3 is 9.47 Å². The highest BCUT2D eigenvalue weighted by Gasteiger charge is 2.52. The minimum atomic E-state index is -0.448. The fourth-order valence-electron chi connectivity index (χ4n) is 2.40. The van der Waals surface area contributed by atoms with Crippen LogP contribution in [0, 0.1) is 0 Å². The summed E-state index contributed by atoms with van der Waals surface area (Å²) < 4.78 is 11.9. The summed E-state index contributed by atoms with van der Waals surface area (Å²) >= 11 is 11.8. The van der Waals surface area contributed by atoms with E-state index < -0.39 is 11.4 Å². The Balaban J connectivity index is 2.28. The van der Waals surface area contributed by atoms with Crippen LogP contribution in [0.2, 0.25) is 0 Å². The topological polar surface area (TPSA) is 18.5 Å². The molecule has 2 fully saturated rings. The van der Waals surface area contributed by atoms with Gasteiger partial charge in [0.25, 0.3) is 0 Å². The fourth-order valence-corrected chi connectivity index (χ4v) is 2.79. The van der Waals surface area contributed by atoms with Gasteiger partial charge >= 0.3 is 0 Å². The molecule has 0 aromatic carbocycles. The van der Waals surface area contributed by atoms with Crippen LogP contribution >= 0.6 is 23.2 Å². The van der Waals surface area contributed by atoms with E-state index in [1.54, 1.807) is 0 Å². The highest BCUT2D eigenvalue weighted by molar-refractivity contribution is 6.36. The number of halogens is 2. The molecule has 2 nitrogen and oxygen atoms in total. The molecule has 0 bridgehead atoms. The van der Waals surface area contributed by atoms with E-state index in [9.17, 15) is 0 Å². The van der Waals surface area contributed by atoms with Crippen LogP contribution in [0.4, 0.5) is 0 Å². The Labute approximate surface area is 101 Å². The van der Waals surface area contributed by atoms with Gasteiger partial charge in [-0.05, 0) is 26.7 Å². The molecule has 0 N–H and O–H groups in total. The normalized spacial score (nSPS) is 30.7. The lowest BCUT2D eigenvalue weighted by molar-refractivity contribution is -0.173. The van der Waals surface area contributed by atoms with Crippen molar-refractivity contribution < 1.29 is 9.47 Å². The molecule has 2 aliphatic rings. The molecule has 0 aromatic heterocycles. The summed E-state index contributed by atoms with van der Waals surface area (Å²) in [5.74, 6) is 0.561. The monoisotopic (exact) mass is 250 g/mol. The number of hydrogen-bond donors (Lipinski definition) is 0. The van der Waals surface area contributed by atoms with Gasteiger partial charge in [0, 0.05) is 12.8 Å². The van der Waals surface area contributed by atoms with E-state index in [-0.39, 0.29) is 5.88 Å². The van der Waals surface area contributed by atoms with Crippen molar-refractivity contribution >= 4 is 23.2 Å². The Hall–Kier alpha value is 0.0800. The van der Waals surface area contributed by atoms with Crippen LogP contribution in [0.1, 0.15) is 39.5 Å². The van der Waals surface area contributed by atoms with Crippen LogP contribution in [0.15, 0.2) is 10.8 Å². The van der Waals surface area contributed by atoms with Gasteiger partial charge in [-0.25, -0.2) is 0 Å². The van der Waals surface area contributed by atoms with E-state index in [1.807, 2.05) is 13.8 Å². The molecule has 0 atom stereocenters. The zero-order chi connectivity index (χ0) is 11.1. The highest BCUT2D eigenvalue weighted by Crippen LogP contribution is 2.49. The summed E-state index contributed by atoms with van der Waals surface area (Å²) in [6.45, 7) is 3.95. The molecule has 1 aliphatic carbocycles. The van der Waals surface area contributed by atoms with Gasteiger partial charge in [0.05, 0.1) is 10.9 Å². The van der Waals surface area contributed by atoms with E-state index in [2.05, 4.69) is 0 Å². The molecule has 0 amide bonds. The van der Waals surface area contributed by atoms with Crippen molar-refractivity contribution in [3.63, 3.8) is 0 Å². The van der Waals surface area contributed by atoms with Crippen LogP contribution in [0.3, 0.4) is 0 Å². The first-order valence-electron chi connectivity index (χ1n) is 5.33. The van der Waals surface area contributed by atoms with Crippen LogP contribution in [0.5, 0.6) is 0 Å². The molecule has 1 spiro atoms. The molecule has 1 heterocycles. The average Bonchev–Trinajstić information content (AvgIpc) is 2.70. The van der Waals surface area contributed by atoms with Crippen molar-refractivity contribution in [2.24, 2.45) is 0 Å². The van der Waals surface area contributed by atoms with Crippen molar-refractivity contribution in [1.29, 1.82) is 0 Å². The summed E-state index contributed by atoms with van der Waals surface area (Å²) in [6, 6.07) is 0. The zero-order valence-corrected chi connectivity index (χ0v) is 10.6. The Morgan fingerprint density at radius 3 is 2.47 bits per heavy atom. The molecule has 1 saturated heterocycles. The maximum absolute atomic E-state index is 6.06. The van der Waals surface area contributed by atoms with E-state index >= 15 is 0 Å². The van der Waals surface area contributed by atoms with Crippen molar-refractivity contribution in [1.82, 2.24) is 0 Å². The summed E-state index contributed by atoms with van der Waals surface area (Å²) in [5.41, 5.74) is -0.448. The fraction of sp³-hybridized carbons (Fsp3) is 0.818. The van der Waals surface area contributed by atoms with E-state index in [0.29, 0.717) is 10.8 Å². The van der Waals surface area contributed by atoms with E-state index in [1.165, 1.54) is 0 Å². The molecule has 0 unspecified atom stereocenters. The Morgan fingerprint density at radius 2 is 1.93 bits per heavy atom. The first-order chi connectivity index (χ1) is 6.99. The molecule has 86 valence electrons. The molecule has 2 rings (SSSR count). The Morgan fingerprint density at radius 1 is 1.33 bits per heavy atom. The van der Waals surface area contributed by atoms with E-state index in [4.69, 9.17) is 32.7 Å². The number of alkyl halides is 1. The molecule has 0 radical (unpaired) electrons. The van der Waals surface area contributed by atoms with Gasteiger partial charge in [0.1, 0.15) is 11.4 Å². The van der Waals surface area contributed by atoms with Gasteiger partial charge in [-0.1, -0.05) is 11.6 Å². The summed E-state index contributed by atoms with van der Waals surface area (Å²) in [7, 11) is 0. The highest BCUT2D eigenvalue weighted by atomic mass is 35.5. The van der Waals surface area contributed by atoms with Crippen molar-refractivity contribution in [3.8, 4) is 0 Å². The minimum absolute atomic E-state index is 0.278. The van der Waals surface area contributed by atoms with Crippen LogP contribution in [-0.2, 0) is 9.47 Å². The van der Waals surface area contributed by atoms with Crippen LogP contribution in [0.25, 0.3) is 0 Å². The number of rotatable bonds is 1. The molecule has 4 heteroatoms. The second-order valence-electron chi connectivity index (χ2n) is 4.70. The second kappa shape index (κ2) is 3.83. The second-order valence-corrected chi connectivity index (χ2v) is 5.42. The van der Waals surface area contributed by atoms with Gasteiger partial charge in [0.2, 0.25) is 5.79 Å². The van der Waals surface area contributed by atoms with Gasteiger partial charge in [-0.15, -0.1) is 11.6 Å². The maximum atomic E-state index is 6.06. The predicted molar refractivity (Wildman–Crippen MR) is 61.0 cm³/mol. The molecule has 0 aromatic rings. The number of hydrogen-bond acceptors (Lipinski definition) is 2. The largest absolute Gasteiger partial charge is 0.462 e. The van der Waals surface area contributed by atoms with Crippen LogP contribution < -0.4 is 0 Å². The average molecular weight is 251 g/mol. The zero-order valence-electron chi connectivity index (χ0n) is 9.11. The summed E-state index contributed by atoms with van der Waals surface area (Å²) in [5, 5.41) is 0.561. The summed E-state index contributed by atoms with van der Waals surface area (Å²) in [4.78, 5) is 0. The molecule has 15 heavy (non-hydrogen) atoms.